The number of hydrogen-bond donors (Lipinski definition) is 0. The van der Waals surface area contributed by atoms with Gasteiger partial charge in [0.2, 0.25) is 5.91 Å². The van der Waals surface area contributed by atoms with Crippen molar-refractivity contribution in [3.05, 3.63) is 64.1 Å². The number of amides is 1. The molecular formula is C18H18BrNOS. The Hall–Kier alpha value is -1.26. The van der Waals surface area contributed by atoms with E-state index in [0.29, 0.717) is 0 Å². The van der Waals surface area contributed by atoms with Crippen LogP contribution in [0.15, 0.2) is 57.9 Å². The monoisotopic (exact) mass is 375 g/mol. The zero-order valence-electron chi connectivity index (χ0n) is 12.5. The van der Waals surface area contributed by atoms with Gasteiger partial charge >= 0.3 is 0 Å². The molecule has 1 aliphatic rings. The Labute approximate surface area is 144 Å². The van der Waals surface area contributed by atoms with E-state index in [1.165, 1.54) is 11.1 Å². The lowest BCUT2D eigenvalue weighted by molar-refractivity contribution is -0.131. The lowest BCUT2D eigenvalue weighted by atomic mass is 10.00. The Morgan fingerprint density at radius 2 is 1.82 bits per heavy atom. The van der Waals surface area contributed by atoms with Crippen molar-refractivity contribution in [2.24, 2.45) is 0 Å². The maximum Gasteiger partial charge on any atom is 0.236 e. The van der Waals surface area contributed by atoms with Crippen molar-refractivity contribution in [1.29, 1.82) is 0 Å². The van der Waals surface area contributed by atoms with Crippen LogP contribution in [0.1, 0.15) is 18.1 Å². The molecule has 1 aliphatic heterocycles. The van der Waals surface area contributed by atoms with E-state index < -0.39 is 0 Å². The molecule has 22 heavy (non-hydrogen) atoms. The molecule has 1 atom stereocenters. The predicted octanol–water partition coefficient (Wildman–Crippen LogP) is 4.51. The Balaban J connectivity index is 1.65. The lowest BCUT2D eigenvalue weighted by Crippen LogP contribution is -2.40. The smallest absolute Gasteiger partial charge is 0.236 e. The maximum atomic E-state index is 12.7. The zero-order chi connectivity index (χ0) is 15.5. The number of carbonyl (C=O) groups is 1. The van der Waals surface area contributed by atoms with E-state index in [0.717, 1.165) is 28.9 Å². The molecule has 2 aromatic rings. The molecule has 1 heterocycles. The molecule has 0 spiro atoms. The number of hydrogen-bond acceptors (Lipinski definition) is 2. The first-order chi connectivity index (χ1) is 10.6. The van der Waals surface area contributed by atoms with Gasteiger partial charge in [-0.3, -0.25) is 4.79 Å². The summed E-state index contributed by atoms with van der Waals surface area (Å²) in [5.74, 6) is 0.224. The van der Waals surface area contributed by atoms with Gasteiger partial charge in [-0.1, -0.05) is 40.2 Å². The van der Waals surface area contributed by atoms with Crippen LogP contribution in [0.5, 0.6) is 0 Å². The van der Waals surface area contributed by atoms with Crippen molar-refractivity contribution in [3.8, 4) is 0 Å². The highest BCUT2D eigenvalue weighted by Gasteiger charge is 2.25. The number of benzene rings is 2. The van der Waals surface area contributed by atoms with E-state index in [4.69, 9.17) is 0 Å². The fourth-order valence-corrected chi connectivity index (χ4v) is 3.92. The molecule has 4 heteroatoms. The highest BCUT2D eigenvalue weighted by Crippen LogP contribution is 2.27. The summed E-state index contributed by atoms with van der Waals surface area (Å²) in [7, 11) is 0. The molecule has 0 N–H and O–H groups in total. The molecule has 0 radical (unpaired) electrons. The maximum absolute atomic E-state index is 12.7. The van der Waals surface area contributed by atoms with Gasteiger partial charge in [0.05, 0.1) is 5.25 Å². The molecule has 2 nitrogen and oxygen atoms in total. The summed E-state index contributed by atoms with van der Waals surface area (Å²) in [6, 6.07) is 16.5. The van der Waals surface area contributed by atoms with Crippen molar-refractivity contribution < 1.29 is 4.79 Å². The molecule has 114 valence electrons. The van der Waals surface area contributed by atoms with E-state index in [-0.39, 0.29) is 11.2 Å². The van der Waals surface area contributed by atoms with Gasteiger partial charge in [-0.2, -0.15) is 0 Å². The van der Waals surface area contributed by atoms with Gasteiger partial charge < -0.3 is 4.90 Å². The van der Waals surface area contributed by atoms with Crippen LogP contribution in [-0.2, 0) is 17.8 Å². The Bertz CT molecular complexity index is 671. The summed E-state index contributed by atoms with van der Waals surface area (Å²) in [5, 5.41) is -0.0635. The Morgan fingerprint density at radius 3 is 2.55 bits per heavy atom. The third-order valence-electron chi connectivity index (χ3n) is 3.92. The van der Waals surface area contributed by atoms with Gasteiger partial charge in [0, 0.05) is 22.5 Å². The first kappa shape index (κ1) is 15.6. The van der Waals surface area contributed by atoms with Crippen molar-refractivity contribution in [1.82, 2.24) is 4.90 Å². The quantitative estimate of drug-likeness (QED) is 0.735. The van der Waals surface area contributed by atoms with Crippen molar-refractivity contribution >= 4 is 33.6 Å². The van der Waals surface area contributed by atoms with Gasteiger partial charge in [-0.15, -0.1) is 11.8 Å². The molecule has 0 saturated heterocycles. The predicted molar refractivity (Wildman–Crippen MR) is 95.0 cm³/mol. The first-order valence-corrected chi connectivity index (χ1v) is 9.08. The summed E-state index contributed by atoms with van der Waals surface area (Å²) < 4.78 is 1.06. The average Bonchev–Trinajstić information content (AvgIpc) is 2.55. The summed E-state index contributed by atoms with van der Waals surface area (Å²) in [6.07, 6.45) is 0.956. The standard InChI is InChI=1S/C18H18BrNOS/c1-13(22-17-8-6-16(19)7-9-17)18(21)20-11-10-14-4-2-3-5-15(14)12-20/h2-9,13H,10-12H2,1H3/t13-/m0/s1. The normalized spacial score (nSPS) is 15.3. The molecule has 0 aromatic heterocycles. The Morgan fingerprint density at radius 1 is 1.14 bits per heavy atom. The Kier molecular flexibility index (Phi) is 4.89. The molecule has 0 saturated carbocycles. The van der Waals surface area contributed by atoms with Crippen molar-refractivity contribution in [3.63, 3.8) is 0 Å². The van der Waals surface area contributed by atoms with Gasteiger partial charge in [0.15, 0.2) is 0 Å². The molecule has 0 fully saturated rings. The second kappa shape index (κ2) is 6.88. The van der Waals surface area contributed by atoms with E-state index in [1.807, 2.05) is 42.2 Å². The number of rotatable bonds is 3. The molecule has 0 bridgehead atoms. The summed E-state index contributed by atoms with van der Waals surface area (Å²) in [6.45, 7) is 3.55. The van der Waals surface area contributed by atoms with E-state index >= 15 is 0 Å². The van der Waals surface area contributed by atoms with Gasteiger partial charge in [0.25, 0.3) is 0 Å². The lowest BCUT2D eigenvalue weighted by Gasteiger charge is -2.30. The average molecular weight is 376 g/mol. The molecule has 0 unspecified atom stereocenters. The van der Waals surface area contributed by atoms with Crippen LogP contribution >= 0.6 is 27.7 Å². The number of thioether (sulfide) groups is 1. The van der Waals surface area contributed by atoms with Gasteiger partial charge in [0.1, 0.15) is 0 Å². The highest BCUT2D eigenvalue weighted by molar-refractivity contribution is 9.10. The summed E-state index contributed by atoms with van der Waals surface area (Å²) >= 11 is 5.06. The summed E-state index contributed by atoms with van der Waals surface area (Å²) in [4.78, 5) is 15.8. The number of nitrogens with zero attached hydrogens (tertiary/aromatic N) is 1. The number of halogens is 1. The van der Waals surface area contributed by atoms with Crippen LogP contribution in [0.3, 0.4) is 0 Å². The first-order valence-electron chi connectivity index (χ1n) is 7.41. The zero-order valence-corrected chi connectivity index (χ0v) is 14.9. The van der Waals surface area contributed by atoms with Crippen molar-refractivity contribution in [2.75, 3.05) is 6.54 Å². The third-order valence-corrected chi connectivity index (χ3v) is 5.54. The minimum atomic E-state index is -0.0635. The van der Waals surface area contributed by atoms with Crippen LogP contribution in [0.4, 0.5) is 0 Å². The van der Waals surface area contributed by atoms with Gasteiger partial charge in [-0.05, 0) is 48.7 Å². The highest BCUT2D eigenvalue weighted by atomic mass is 79.9. The minimum Gasteiger partial charge on any atom is -0.337 e. The SMILES string of the molecule is C[C@H](Sc1ccc(Br)cc1)C(=O)N1CCc2ccccc2C1. The molecule has 3 rings (SSSR count). The van der Waals surface area contributed by atoms with Crippen LogP contribution in [0.25, 0.3) is 0 Å². The second-order valence-electron chi connectivity index (χ2n) is 5.49. The largest absolute Gasteiger partial charge is 0.337 e. The molecular weight excluding hydrogens is 358 g/mol. The van der Waals surface area contributed by atoms with Crippen LogP contribution in [-0.4, -0.2) is 22.6 Å². The van der Waals surface area contributed by atoms with E-state index in [9.17, 15) is 4.79 Å². The number of carbonyl (C=O) groups excluding carboxylic acids is 1. The fraction of sp³-hybridized carbons (Fsp3) is 0.278. The molecule has 2 aromatic carbocycles. The molecule has 1 amide bonds. The third kappa shape index (κ3) is 3.55. The van der Waals surface area contributed by atoms with E-state index in [2.05, 4.69) is 34.1 Å². The van der Waals surface area contributed by atoms with Gasteiger partial charge in [-0.25, -0.2) is 0 Å². The molecule has 0 aliphatic carbocycles. The minimum absolute atomic E-state index is 0.0635. The fourth-order valence-electron chi connectivity index (χ4n) is 2.71. The van der Waals surface area contributed by atoms with E-state index in [1.54, 1.807) is 11.8 Å². The topological polar surface area (TPSA) is 20.3 Å². The van der Waals surface area contributed by atoms with Crippen LogP contribution in [0.2, 0.25) is 0 Å². The second-order valence-corrected chi connectivity index (χ2v) is 7.82. The van der Waals surface area contributed by atoms with Crippen LogP contribution < -0.4 is 0 Å². The van der Waals surface area contributed by atoms with Crippen LogP contribution in [0, 0.1) is 0 Å². The van der Waals surface area contributed by atoms with Crippen molar-refractivity contribution in [2.45, 2.75) is 30.0 Å². The number of fused-ring (bicyclic) bond motifs is 1. The summed E-state index contributed by atoms with van der Waals surface area (Å²) in [5.41, 5.74) is 2.66.